The molecule has 0 heterocycles. The highest BCUT2D eigenvalue weighted by Gasteiger charge is 2.06. The van der Waals surface area contributed by atoms with Crippen molar-refractivity contribution in [2.45, 2.75) is 12.8 Å². The van der Waals surface area contributed by atoms with E-state index in [1.807, 2.05) is 24.3 Å². The van der Waals surface area contributed by atoms with Gasteiger partial charge in [-0.05, 0) is 42.3 Å². The molecular formula is C19H18BrCl2N3O3. The van der Waals surface area contributed by atoms with Crippen molar-refractivity contribution in [1.29, 1.82) is 0 Å². The molecular weight excluding hydrogens is 469 g/mol. The molecule has 0 unspecified atom stereocenters. The Balaban J connectivity index is 1.60. The molecule has 2 rings (SSSR count). The zero-order chi connectivity index (χ0) is 20.4. The number of hydrogen-bond acceptors (Lipinski definition) is 4. The number of hydrazone groups is 1. The van der Waals surface area contributed by atoms with E-state index in [4.69, 9.17) is 27.9 Å². The Morgan fingerprint density at radius 1 is 1.14 bits per heavy atom. The van der Waals surface area contributed by atoms with Crippen LogP contribution in [0, 0.1) is 0 Å². The third-order valence-corrected chi connectivity index (χ3v) is 4.42. The number of ether oxygens (including phenoxy) is 1. The third kappa shape index (κ3) is 8.29. The zero-order valence-corrected chi connectivity index (χ0v) is 17.9. The maximum atomic E-state index is 11.8. The molecule has 0 atom stereocenters. The normalized spacial score (nSPS) is 10.7. The summed E-state index contributed by atoms with van der Waals surface area (Å²) < 4.78 is 6.41. The Morgan fingerprint density at radius 2 is 1.96 bits per heavy atom. The van der Waals surface area contributed by atoms with Gasteiger partial charge in [0, 0.05) is 15.9 Å². The first-order valence-corrected chi connectivity index (χ1v) is 9.91. The van der Waals surface area contributed by atoms with Crippen LogP contribution < -0.4 is 15.5 Å². The minimum Gasteiger partial charge on any atom is -0.492 e. The Hall–Kier alpha value is -2.09. The summed E-state index contributed by atoms with van der Waals surface area (Å²) in [6.45, 7) is 0.163. The summed E-state index contributed by atoms with van der Waals surface area (Å²) in [5, 5.41) is 7.31. The Morgan fingerprint density at radius 3 is 2.71 bits per heavy atom. The predicted molar refractivity (Wildman–Crippen MR) is 114 cm³/mol. The number of carbonyl (C=O) groups excluding carboxylic acids is 2. The van der Waals surface area contributed by atoms with Crippen molar-refractivity contribution in [3.8, 4) is 5.75 Å². The molecule has 2 aromatic rings. The third-order valence-electron chi connectivity index (χ3n) is 3.40. The highest BCUT2D eigenvalue weighted by Crippen LogP contribution is 2.27. The topological polar surface area (TPSA) is 79.8 Å². The van der Waals surface area contributed by atoms with E-state index in [1.165, 1.54) is 6.21 Å². The van der Waals surface area contributed by atoms with Gasteiger partial charge in [-0.1, -0.05) is 51.3 Å². The number of hydrogen-bond donors (Lipinski definition) is 2. The molecule has 0 saturated carbocycles. The number of nitrogens with zero attached hydrogens (tertiary/aromatic N) is 1. The van der Waals surface area contributed by atoms with Gasteiger partial charge < -0.3 is 10.1 Å². The number of benzene rings is 2. The number of carbonyl (C=O) groups is 2. The van der Waals surface area contributed by atoms with Crippen molar-refractivity contribution in [3.05, 3.63) is 62.5 Å². The molecule has 0 aliphatic rings. The van der Waals surface area contributed by atoms with Crippen molar-refractivity contribution in [3.63, 3.8) is 0 Å². The van der Waals surface area contributed by atoms with E-state index in [2.05, 4.69) is 31.8 Å². The fraction of sp³-hybridized carbons (Fsp3) is 0.211. The molecule has 0 aliphatic carbocycles. The van der Waals surface area contributed by atoms with Crippen LogP contribution in [-0.4, -0.2) is 31.2 Å². The number of amides is 2. The second kappa shape index (κ2) is 11.7. The molecule has 0 aromatic heterocycles. The smallest absolute Gasteiger partial charge is 0.259 e. The Bertz CT molecular complexity index is 862. The Labute approximate surface area is 181 Å². The van der Waals surface area contributed by atoms with Gasteiger partial charge in [0.2, 0.25) is 5.91 Å². The molecule has 0 bridgehead atoms. The number of halogens is 3. The van der Waals surface area contributed by atoms with Crippen LogP contribution in [0.25, 0.3) is 0 Å². The van der Waals surface area contributed by atoms with E-state index >= 15 is 0 Å². The highest BCUT2D eigenvalue weighted by atomic mass is 79.9. The van der Waals surface area contributed by atoms with Gasteiger partial charge in [0.05, 0.1) is 24.4 Å². The molecule has 0 fully saturated rings. The van der Waals surface area contributed by atoms with Crippen molar-refractivity contribution in [2.24, 2.45) is 5.10 Å². The predicted octanol–water partition coefficient (Wildman–Crippen LogP) is 4.18. The molecule has 2 aromatic carbocycles. The van der Waals surface area contributed by atoms with Gasteiger partial charge in [-0.25, -0.2) is 5.43 Å². The summed E-state index contributed by atoms with van der Waals surface area (Å²) in [5.41, 5.74) is 3.19. The van der Waals surface area contributed by atoms with Gasteiger partial charge in [-0.3, -0.25) is 9.59 Å². The van der Waals surface area contributed by atoms with E-state index < -0.39 is 5.91 Å². The van der Waals surface area contributed by atoms with E-state index in [9.17, 15) is 9.59 Å². The van der Waals surface area contributed by atoms with Gasteiger partial charge in [-0.2, -0.15) is 5.10 Å². The lowest BCUT2D eigenvalue weighted by Gasteiger charge is -2.08. The average molecular weight is 487 g/mol. The minimum absolute atomic E-state index is 0.154. The van der Waals surface area contributed by atoms with Crippen molar-refractivity contribution in [1.82, 2.24) is 10.7 Å². The van der Waals surface area contributed by atoms with E-state index in [-0.39, 0.29) is 18.9 Å². The van der Waals surface area contributed by atoms with Crippen molar-refractivity contribution in [2.75, 3.05) is 13.2 Å². The van der Waals surface area contributed by atoms with Crippen molar-refractivity contribution >= 4 is 57.2 Å². The summed E-state index contributed by atoms with van der Waals surface area (Å²) in [5.74, 6) is -0.158. The van der Waals surface area contributed by atoms with Crippen LogP contribution in [0.2, 0.25) is 10.0 Å². The molecule has 6 nitrogen and oxygen atoms in total. The maximum absolute atomic E-state index is 11.8. The van der Waals surface area contributed by atoms with Gasteiger partial charge >= 0.3 is 0 Å². The van der Waals surface area contributed by atoms with Crippen LogP contribution in [0.1, 0.15) is 18.4 Å². The fourth-order valence-corrected chi connectivity index (χ4v) is 2.96. The molecule has 0 spiro atoms. The summed E-state index contributed by atoms with van der Waals surface area (Å²) in [6, 6.07) is 12.4. The molecule has 2 amide bonds. The van der Waals surface area contributed by atoms with Crippen LogP contribution in [0.4, 0.5) is 0 Å². The summed E-state index contributed by atoms with van der Waals surface area (Å²) in [6.07, 6.45) is 2.22. The summed E-state index contributed by atoms with van der Waals surface area (Å²) in [4.78, 5) is 23.5. The van der Waals surface area contributed by atoms with Gasteiger partial charge in [-0.15, -0.1) is 0 Å². The lowest BCUT2D eigenvalue weighted by Crippen LogP contribution is -2.34. The molecule has 9 heteroatoms. The molecule has 0 aliphatic heterocycles. The molecule has 0 saturated heterocycles. The quantitative estimate of drug-likeness (QED) is 0.317. The SMILES string of the molecule is O=C(CCCOc1ccc(Cl)cc1Cl)NCC(=O)N/N=C\c1cccc(Br)c1. The molecule has 148 valence electrons. The first-order chi connectivity index (χ1) is 13.4. The largest absolute Gasteiger partial charge is 0.492 e. The van der Waals surface area contributed by atoms with Crippen LogP contribution >= 0.6 is 39.1 Å². The van der Waals surface area contributed by atoms with Crippen molar-refractivity contribution < 1.29 is 14.3 Å². The van der Waals surface area contributed by atoms with Gasteiger partial charge in [0.15, 0.2) is 0 Å². The van der Waals surface area contributed by atoms with Gasteiger partial charge in [0.25, 0.3) is 5.91 Å². The summed E-state index contributed by atoms with van der Waals surface area (Å²) >= 11 is 15.2. The van der Waals surface area contributed by atoms with Crippen LogP contribution in [0.3, 0.4) is 0 Å². The maximum Gasteiger partial charge on any atom is 0.259 e. The van der Waals surface area contributed by atoms with Gasteiger partial charge in [0.1, 0.15) is 5.75 Å². The second-order valence-electron chi connectivity index (χ2n) is 5.65. The average Bonchev–Trinajstić information content (AvgIpc) is 2.65. The first-order valence-electron chi connectivity index (χ1n) is 8.36. The van der Waals surface area contributed by atoms with E-state index in [0.717, 1.165) is 10.0 Å². The molecule has 0 radical (unpaired) electrons. The van der Waals surface area contributed by atoms with E-state index in [0.29, 0.717) is 28.8 Å². The zero-order valence-electron chi connectivity index (χ0n) is 14.8. The Kier molecular flexibility index (Phi) is 9.27. The fourth-order valence-electron chi connectivity index (χ4n) is 2.08. The van der Waals surface area contributed by atoms with E-state index in [1.54, 1.807) is 18.2 Å². The van der Waals surface area contributed by atoms with Crippen LogP contribution in [0.5, 0.6) is 5.75 Å². The molecule has 2 N–H and O–H groups in total. The monoisotopic (exact) mass is 485 g/mol. The standard InChI is InChI=1S/C19H18BrCl2N3O3/c20-14-4-1-3-13(9-14)11-24-25-19(27)12-23-18(26)5-2-8-28-17-7-6-15(21)10-16(17)22/h1,3-4,6-7,9-11H,2,5,8,12H2,(H,23,26)(H,25,27)/b24-11-. The number of rotatable bonds is 9. The lowest BCUT2D eigenvalue weighted by atomic mass is 10.2. The minimum atomic E-state index is -0.413. The number of nitrogens with one attached hydrogen (secondary N) is 2. The van der Waals surface area contributed by atoms with Crippen LogP contribution in [-0.2, 0) is 9.59 Å². The molecule has 28 heavy (non-hydrogen) atoms. The van der Waals surface area contributed by atoms with Crippen LogP contribution in [0.15, 0.2) is 52.0 Å². The highest BCUT2D eigenvalue weighted by molar-refractivity contribution is 9.10. The second-order valence-corrected chi connectivity index (χ2v) is 7.41. The first kappa shape index (κ1) is 22.2. The lowest BCUT2D eigenvalue weighted by molar-refractivity contribution is -0.126. The summed E-state index contributed by atoms with van der Waals surface area (Å²) in [7, 11) is 0.